The summed E-state index contributed by atoms with van der Waals surface area (Å²) in [7, 11) is 5.14. The van der Waals surface area contributed by atoms with E-state index in [-0.39, 0.29) is 23.1 Å². The highest BCUT2D eigenvalue weighted by Gasteiger charge is 1.84. The van der Waals surface area contributed by atoms with E-state index in [1.54, 1.807) is 0 Å². The first-order chi connectivity index (χ1) is 3.41. The lowest BCUT2D eigenvalue weighted by atomic mass is 15.8. The van der Waals surface area contributed by atoms with Gasteiger partial charge in [0, 0.05) is 0 Å². The molecule has 52 valence electrons. The summed E-state index contributed by atoms with van der Waals surface area (Å²) in [6.45, 7) is 0. The minimum absolute atomic E-state index is 0. The summed E-state index contributed by atoms with van der Waals surface area (Å²) in [5, 5.41) is 0. The van der Waals surface area contributed by atoms with E-state index in [0.29, 0.717) is 0 Å². The topological polar surface area (TPSA) is 74.6 Å². The Kier molecular flexibility index (Phi) is 19.1. The zero-order valence-electron chi connectivity index (χ0n) is 3.58. The van der Waals surface area contributed by atoms with Gasteiger partial charge < -0.3 is 18.1 Å². The molecule has 0 heterocycles. The first-order valence-electron chi connectivity index (χ1n) is 1.23. The van der Waals surface area contributed by atoms with Crippen molar-refractivity contribution in [3.05, 3.63) is 0 Å². The highest BCUT2D eigenvalue weighted by atomic mass is 35.6. The molecule has 0 rings (SSSR count). The van der Waals surface area contributed by atoms with E-state index in [4.69, 9.17) is 35.7 Å². The van der Waals surface area contributed by atoms with Crippen LogP contribution in [0.1, 0.15) is 0 Å². The van der Waals surface area contributed by atoms with Crippen molar-refractivity contribution in [2.24, 2.45) is 0 Å². The van der Waals surface area contributed by atoms with Crippen LogP contribution in [0.3, 0.4) is 0 Å². The second-order valence-electron chi connectivity index (χ2n) is 0.549. The molecule has 0 radical (unpaired) electrons. The molecule has 0 spiro atoms. The van der Waals surface area contributed by atoms with Crippen LogP contribution in [-0.4, -0.2) is 58.7 Å². The predicted molar refractivity (Wildman–Crippen MR) is 40.2 cm³/mol. The Morgan fingerprint density at radius 3 is 1.22 bits per heavy atom. The molecule has 0 unspecified atom stereocenters. The lowest BCUT2D eigenvalue weighted by Gasteiger charge is -1.68. The van der Waals surface area contributed by atoms with Crippen LogP contribution in [0, 0.1) is 0 Å². The van der Waals surface area contributed by atoms with Crippen LogP contribution in [0.15, 0.2) is 0 Å². The average Bonchev–Trinajstić information content (AvgIpc) is 1.27. The van der Waals surface area contributed by atoms with E-state index in [0.717, 1.165) is 0 Å². The van der Waals surface area contributed by atoms with Gasteiger partial charge in [0.25, 0.3) is 0 Å². The molecule has 4 nitrogen and oxygen atoms in total. The molecule has 0 bridgehead atoms. The van der Waals surface area contributed by atoms with Gasteiger partial charge in [0.2, 0.25) is 0 Å². The zero-order valence-corrected chi connectivity index (χ0v) is 7.32. The molecule has 0 atom stereocenters. The van der Waals surface area contributed by atoms with E-state index >= 15 is 0 Å². The Labute approximate surface area is 86.3 Å². The van der Waals surface area contributed by atoms with Crippen molar-refractivity contribution in [2.75, 3.05) is 0 Å². The number of hydrogen-bond acceptors (Lipinski definition) is 2. The van der Waals surface area contributed by atoms with Gasteiger partial charge in [0.1, 0.15) is 0 Å². The van der Waals surface area contributed by atoms with Gasteiger partial charge in [0.15, 0.2) is 0 Å². The maximum atomic E-state index is 8.74. The van der Waals surface area contributed by atoms with Gasteiger partial charge in [-0.25, -0.2) is 0 Å². The first-order valence-corrected chi connectivity index (χ1v) is 6.91. The molecular formula is H4Cl2Mg2O4S. The number of hydrogen-bond donors (Lipinski definition) is 2. The Hall–Kier alpha value is 1.98. The van der Waals surface area contributed by atoms with E-state index in [2.05, 4.69) is 0 Å². The summed E-state index contributed by atoms with van der Waals surface area (Å²) in [5.74, 6) is 0. The lowest BCUT2D eigenvalue weighted by Crippen LogP contribution is -1.89. The minimum atomic E-state index is -4.67. The molecule has 2 N–H and O–H groups in total. The van der Waals surface area contributed by atoms with Crippen molar-refractivity contribution < 1.29 is 17.5 Å². The summed E-state index contributed by atoms with van der Waals surface area (Å²) < 4.78 is 31.6. The van der Waals surface area contributed by atoms with Crippen molar-refractivity contribution in [1.29, 1.82) is 0 Å². The summed E-state index contributed by atoms with van der Waals surface area (Å²) >= 11 is -0.639. The molecule has 0 aromatic carbocycles. The summed E-state index contributed by atoms with van der Waals surface area (Å²) in [4.78, 5) is 0. The Bertz CT molecular complexity index is 111. The predicted octanol–water partition coefficient (Wildman–Crippen LogP) is -0.571. The molecule has 0 fully saturated rings. The minimum Gasteiger partial charge on any atom is -0.309 e. The van der Waals surface area contributed by atoms with Gasteiger partial charge >= 0.3 is 51.6 Å². The SMILES string of the molecule is O=S(=O)(O)O.[Cl][Mg][Cl].[MgH2]. The maximum Gasteiger partial charge on any atom is 0.618 e. The fourth-order valence-electron chi connectivity index (χ4n) is 0. The highest BCUT2D eigenvalue weighted by molar-refractivity contribution is 7.79. The first kappa shape index (κ1) is 17.2. The number of rotatable bonds is 0. The van der Waals surface area contributed by atoms with Crippen molar-refractivity contribution >= 4 is 69.8 Å². The van der Waals surface area contributed by atoms with Crippen LogP contribution in [0.25, 0.3) is 0 Å². The van der Waals surface area contributed by atoms with Gasteiger partial charge in [-0.2, -0.15) is 8.42 Å². The Morgan fingerprint density at radius 1 is 1.22 bits per heavy atom. The third-order valence-corrected chi connectivity index (χ3v) is 0. The number of halogens is 2. The molecule has 0 amide bonds. The summed E-state index contributed by atoms with van der Waals surface area (Å²) in [6, 6.07) is 0. The van der Waals surface area contributed by atoms with Gasteiger partial charge in [-0.05, 0) is 0 Å². The second kappa shape index (κ2) is 9.98. The van der Waals surface area contributed by atoms with Crippen LogP contribution in [0.2, 0.25) is 0 Å². The molecule has 0 aliphatic heterocycles. The van der Waals surface area contributed by atoms with Crippen LogP contribution < -0.4 is 0 Å². The van der Waals surface area contributed by atoms with Crippen LogP contribution in [-0.2, 0) is 10.4 Å². The van der Waals surface area contributed by atoms with Crippen LogP contribution in [0.4, 0.5) is 0 Å². The maximum absolute atomic E-state index is 8.74. The van der Waals surface area contributed by atoms with Crippen molar-refractivity contribution in [3.8, 4) is 0 Å². The normalized spacial score (nSPS) is 7.56. The van der Waals surface area contributed by atoms with Crippen LogP contribution >= 0.6 is 18.1 Å². The third kappa shape index (κ3) is 162. The third-order valence-electron chi connectivity index (χ3n) is 0. The fraction of sp³-hybridized carbons (Fsp3) is 0. The molecule has 0 saturated heterocycles. The van der Waals surface area contributed by atoms with Crippen LogP contribution in [0.5, 0.6) is 0 Å². The van der Waals surface area contributed by atoms with E-state index in [1.807, 2.05) is 0 Å². The van der Waals surface area contributed by atoms with E-state index in [1.165, 1.54) is 0 Å². The van der Waals surface area contributed by atoms with Crippen molar-refractivity contribution in [3.63, 3.8) is 0 Å². The lowest BCUT2D eigenvalue weighted by molar-refractivity contribution is 0.381. The van der Waals surface area contributed by atoms with Crippen molar-refractivity contribution in [1.82, 2.24) is 0 Å². The largest absolute Gasteiger partial charge is 0.618 e. The molecule has 0 aliphatic carbocycles. The monoisotopic (exact) mass is 218 g/mol. The molecule has 0 saturated carbocycles. The molecular weight excluding hydrogens is 216 g/mol. The van der Waals surface area contributed by atoms with Gasteiger partial charge in [-0.1, -0.05) is 0 Å². The molecule has 9 heavy (non-hydrogen) atoms. The summed E-state index contributed by atoms with van der Waals surface area (Å²) in [6.07, 6.45) is 0. The average molecular weight is 220 g/mol. The highest BCUT2D eigenvalue weighted by Crippen LogP contribution is 1.67. The second-order valence-corrected chi connectivity index (χ2v) is 4.07. The standard InChI is InChI=1S/2ClH.2Mg.H2O4S.2H/c;;;;1-5(2,3)4;;/h2*1H;;;(H2,1,2,3,4);;/q;;;+2;;;/p-2. The molecule has 0 aromatic heterocycles. The quantitative estimate of drug-likeness (QED) is 0.423. The smallest absolute Gasteiger partial charge is 0.309 e. The molecule has 0 aliphatic rings. The Balaban J connectivity index is -0.0000000800. The van der Waals surface area contributed by atoms with Gasteiger partial charge in [-0.15, -0.1) is 0 Å². The van der Waals surface area contributed by atoms with E-state index < -0.39 is 28.6 Å². The molecule has 9 heteroatoms. The van der Waals surface area contributed by atoms with Gasteiger partial charge in [0.05, 0.1) is 0 Å². The summed E-state index contributed by atoms with van der Waals surface area (Å²) in [5.41, 5.74) is 0. The zero-order chi connectivity index (χ0) is 7.21. The molecule has 0 aromatic rings. The van der Waals surface area contributed by atoms with Crippen molar-refractivity contribution in [2.45, 2.75) is 0 Å². The van der Waals surface area contributed by atoms with E-state index in [9.17, 15) is 0 Å². The Morgan fingerprint density at radius 2 is 1.22 bits per heavy atom. The fourth-order valence-corrected chi connectivity index (χ4v) is 0. The van der Waals surface area contributed by atoms with Gasteiger partial charge in [-0.3, -0.25) is 9.11 Å².